The molecule has 0 fully saturated rings. The van der Waals surface area contributed by atoms with Crippen molar-refractivity contribution in [3.8, 4) is 0 Å². The molecule has 0 unspecified atom stereocenters. The summed E-state index contributed by atoms with van der Waals surface area (Å²) in [5.74, 6) is 0. The molecule has 0 aliphatic heterocycles. The predicted molar refractivity (Wildman–Crippen MR) is 78.8 cm³/mol. The molecular weight excluding hydrogens is 451 g/mol. The van der Waals surface area contributed by atoms with Crippen LogP contribution in [0.25, 0.3) is 0 Å². The minimum absolute atomic E-state index is 0. The summed E-state index contributed by atoms with van der Waals surface area (Å²) in [5.41, 5.74) is 39.2. The second kappa shape index (κ2) is 87.4. The van der Waals surface area contributed by atoms with Crippen molar-refractivity contribution in [2.24, 2.45) is 45.9 Å². The summed E-state index contributed by atoms with van der Waals surface area (Å²) in [6.45, 7) is 4.78. The van der Waals surface area contributed by atoms with Gasteiger partial charge in [0, 0.05) is 52.4 Å². The molecule has 18 N–H and O–H groups in total. The summed E-state index contributed by atoms with van der Waals surface area (Å²) in [7, 11) is 0. The standard InChI is InChI=1S/4C2H8N2.ClH2.2Mo.H2O/c4*3-1-2-4;;;;/h4*1-4H2;1H2;;;1H2/q;;;;+1;;+1;. The predicted octanol–water partition coefficient (Wildman–Crippen LogP) is -5.75. The van der Waals surface area contributed by atoms with Crippen molar-refractivity contribution < 1.29 is 49.8 Å². The SMILES string of the molecule is NCCN.NCCN.NCCN.NCCN.O.[ClH2+].[Mo]#[Mo+]. The van der Waals surface area contributed by atoms with E-state index in [9.17, 15) is 0 Å². The van der Waals surface area contributed by atoms with Crippen molar-refractivity contribution in [3.05, 3.63) is 0 Å². The van der Waals surface area contributed by atoms with E-state index in [0.717, 1.165) is 0 Å². The first-order valence-electron chi connectivity index (χ1n) is 5.43. The van der Waals surface area contributed by atoms with Crippen molar-refractivity contribution in [2.75, 3.05) is 52.4 Å². The Morgan fingerprint density at radius 2 is 0.500 bits per heavy atom. The second-order valence-electron chi connectivity index (χ2n) is 2.31. The molecule has 0 aliphatic carbocycles. The fraction of sp³-hybridized carbons (Fsp3) is 1.00. The van der Waals surface area contributed by atoms with E-state index < -0.39 is 0 Å². The Labute approximate surface area is 147 Å². The molecule has 0 heterocycles. The average molecular weight is 488 g/mol. The van der Waals surface area contributed by atoms with Crippen LogP contribution < -0.4 is 45.9 Å². The first kappa shape index (κ1) is 42.9. The topological polar surface area (TPSA) is 240 Å². The molecule has 0 bridgehead atoms. The number of nitrogens with two attached hydrogens (primary N) is 8. The number of halogens is 1. The van der Waals surface area contributed by atoms with Crippen LogP contribution in [-0.4, -0.2) is 57.8 Å². The molecule has 0 aromatic heterocycles. The van der Waals surface area contributed by atoms with Gasteiger partial charge >= 0.3 is 31.9 Å². The van der Waals surface area contributed by atoms with Gasteiger partial charge in [0.15, 0.2) is 0 Å². The van der Waals surface area contributed by atoms with Crippen LogP contribution in [0.2, 0.25) is 0 Å². The van der Waals surface area contributed by atoms with Crippen molar-refractivity contribution in [3.63, 3.8) is 0 Å². The van der Waals surface area contributed by atoms with Gasteiger partial charge < -0.3 is 51.3 Å². The summed E-state index contributed by atoms with van der Waals surface area (Å²) in [4.78, 5) is 0. The average Bonchev–Trinajstić information content (AvgIpc) is 2.49. The van der Waals surface area contributed by atoms with Crippen LogP contribution in [0.3, 0.4) is 0 Å². The Balaban J connectivity index is -0.0000000209. The van der Waals surface area contributed by atoms with Crippen LogP contribution in [0.1, 0.15) is 0 Å². The van der Waals surface area contributed by atoms with Crippen LogP contribution >= 0.6 is 0 Å². The van der Waals surface area contributed by atoms with Crippen molar-refractivity contribution in [1.82, 2.24) is 0 Å². The van der Waals surface area contributed by atoms with Gasteiger partial charge in [0.25, 0.3) is 0 Å². The maximum absolute atomic E-state index is 4.90. The third-order valence-corrected chi connectivity index (χ3v) is 0.667. The van der Waals surface area contributed by atoms with Crippen molar-refractivity contribution >= 4 is 0 Å². The van der Waals surface area contributed by atoms with Gasteiger partial charge in [0.2, 0.25) is 0 Å². The maximum atomic E-state index is 4.90. The van der Waals surface area contributed by atoms with Gasteiger partial charge in [-0.15, -0.1) is 0 Å². The number of rotatable bonds is 4. The Bertz CT molecular complexity index is 83.8. The minimum atomic E-state index is 0. The molecule has 0 aromatic rings. The first-order valence-corrected chi connectivity index (χ1v) is 11.1. The third-order valence-electron chi connectivity index (χ3n) is 0.667. The molecule has 0 saturated carbocycles. The number of hydrogen-bond acceptors (Lipinski definition) is 8. The Hall–Kier alpha value is 1.31. The monoisotopic (exact) mass is 491 g/mol. The Morgan fingerprint density at radius 3 is 0.500 bits per heavy atom. The molecule has 0 radical (unpaired) electrons. The summed E-state index contributed by atoms with van der Waals surface area (Å²) < 4.78 is 0. The molecule has 0 amide bonds. The van der Waals surface area contributed by atoms with Crippen LogP contribution in [0.5, 0.6) is 0 Å². The molecule has 9 nitrogen and oxygen atoms in total. The molecule has 0 saturated heterocycles. The third kappa shape index (κ3) is 230. The van der Waals surface area contributed by atoms with Crippen LogP contribution in [-0.2, 0) is 31.9 Å². The van der Waals surface area contributed by atoms with Crippen molar-refractivity contribution in [1.29, 1.82) is 0 Å². The van der Waals surface area contributed by atoms with E-state index in [1.54, 1.807) is 0 Å². The fourth-order valence-corrected chi connectivity index (χ4v) is 0. The number of hydrogen-bond donors (Lipinski definition) is 8. The van der Waals surface area contributed by atoms with Crippen LogP contribution in [0.4, 0.5) is 0 Å². The molecule has 20 heavy (non-hydrogen) atoms. The van der Waals surface area contributed by atoms with Crippen LogP contribution in [0.15, 0.2) is 0 Å². The van der Waals surface area contributed by atoms with Gasteiger partial charge in [-0.1, -0.05) is 0 Å². The van der Waals surface area contributed by atoms with Gasteiger partial charge in [-0.25, -0.2) is 0 Å². The van der Waals surface area contributed by atoms with E-state index in [0.29, 0.717) is 52.4 Å². The van der Waals surface area contributed by atoms with Crippen LogP contribution in [0, 0.1) is 12.4 Å². The fourth-order valence-electron chi connectivity index (χ4n) is 0. The van der Waals surface area contributed by atoms with Gasteiger partial charge in [-0.2, -0.15) is 0 Å². The molecule has 12 heteroatoms. The summed E-state index contributed by atoms with van der Waals surface area (Å²) >= 11 is 3.92. The van der Waals surface area contributed by atoms with E-state index in [1.165, 1.54) is 0 Å². The summed E-state index contributed by atoms with van der Waals surface area (Å²) in [5, 5.41) is 0. The van der Waals surface area contributed by atoms with E-state index in [1.807, 2.05) is 31.9 Å². The van der Waals surface area contributed by atoms with Crippen molar-refractivity contribution in [2.45, 2.75) is 0 Å². The van der Waals surface area contributed by atoms with E-state index in [-0.39, 0.29) is 17.9 Å². The molecule has 0 rings (SSSR count). The summed E-state index contributed by atoms with van der Waals surface area (Å²) in [6.07, 6.45) is 0. The normalized spacial score (nSPS) is 6.10. The van der Waals surface area contributed by atoms with Gasteiger partial charge in [-0.05, 0) is 0 Å². The zero-order valence-electron chi connectivity index (χ0n) is 12.0. The first-order chi connectivity index (χ1) is 8.66. The van der Waals surface area contributed by atoms with Gasteiger partial charge in [0.05, 0.1) is 12.4 Å². The Kier molecular flexibility index (Phi) is 188. The zero-order chi connectivity index (χ0) is 15.7. The molecule has 0 aromatic carbocycles. The molecule has 0 aliphatic rings. The van der Waals surface area contributed by atoms with Gasteiger partial charge in [-0.3, -0.25) is 0 Å². The van der Waals surface area contributed by atoms with E-state index in [2.05, 4.69) is 0 Å². The van der Waals surface area contributed by atoms with E-state index >= 15 is 0 Å². The van der Waals surface area contributed by atoms with Gasteiger partial charge in [0.1, 0.15) is 0 Å². The molecule has 131 valence electrons. The zero-order valence-corrected chi connectivity index (χ0v) is 16.9. The van der Waals surface area contributed by atoms with E-state index in [4.69, 9.17) is 45.9 Å². The molecule has 0 spiro atoms. The second-order valence-corrected chi connectivity index (χ2v) is 2.31. The quantitative estimate of drug-likeness (QED) is 0.177. The summed E-state index contributed by atoms with van der Waals surface area (Å²) in [6, 6.07) is 0. The Morgan fingerprint density at radius 1 is 0.450 bits per heavy atom. The molecular formula is C8H36ClMo2N8O+2. The molecule has 0 atom stereocenters.